The Kier molecular flexibility index (Phi) is 5.24. The Morgan fingerprint density at radius 3 is 2.27 bits per heavy atom. The van der Waals surface area contributed by atoms with Crippen molar-refractivity contribution < 1.29 is 4.92 Å². The van der Waals surface area contributed by atoms with Gasteiger partial charge < -0.3 is 0 Å². The van der Waals surface area contributed by atoms with Gasteiger partial charge in [0.2, 0.25) is 0 Å². The van der Waals surface area contributed by atoms with E-state index >= 15 is 0 Å². The summed E-state index contributed by atoms with van der Waals surface area (Å²) in [5.74, 6) is 0. The first-order valence-electron chi connectivity index (χ1n) is 10.2. The fourth-order valence-corrected chi connectivity index (χ4v) is 3.96. The molecule has 0 aliphatic rings. The number of aromatic nitrogens is 3. The SMILES string of the molecule is O=c1cc(-c2ccc([N+](=O)[O-])cc2)nc2c(-c3ccc(Cl)cc3)c(Cc3ccccc3)[nH]n12. The van der Waals surface area contributed by atoms with Gasteiger partial charge in [-0.2, -0.15) is 0 Å². The van der Waals surface area contributed by atoms with Crippen LogP contribution in [0.1, 0.15) is 11.3 Å². The van der Waals surface area contributed by atoms with E-state index in [0.717, 1.165) is 22.4 Å². The van der Waals surface area contributed by atoms with E-state index in [2.05, 4.69) is 5.10 Å². The molecule has 0 saturated carbocycles. The molecular formula is C25H17ClN4O3. The molecule has 5 rings (SSSR count). The van der Waals surface area contributed by atoms with E-state index in [4.69, 9.17) is 16.6 Å². The molecule has 162 valence electrons. The number of nitrogens with one attached hydrogen (secondary N) is 1. The molecule has 3 aromatic carbocycles. The van der Waals surface area contributed by atoms with Crippen molar-refractivity contribution in [3.63, 3.8) is 0 Å². The highest BCUT2D eigenvalue weighted by molar-refractivity contribution is 6.30. The Morgan fingerprint density at radius 2 is 1.61 bits per heavy atom. The molecule has 0 saturated heterocycles. The number of halogens is 1. The molecule has 2 heterocycles. The van der Waals surface area contributed by atoms with Crippen molar-refractivity contribution >= 4 is 22.9 Å². The topological polar surface area (TPSA) is 93.3 Å². The van der Waals surface area contributed by atoms with Gasteiger partial charge >= 0.3 is 0 Å². The molecule has 7 nitrogen and oxygen atoms in total. The maximum atomic E-state index is 13.0. The Morgan fingerprint density at radius 1 is 0.939 bits per heavy atom. The van der Waals surface area contributed by atoms with E-state index < -0.39 is 4.92 Å². The molecule has 0 unspecified atom stereocenters. The standard InChI is InChI=1S/C25H17ClN4O3/c26-19-10-6-18(7-11-19)24-22(14-16-4-2-1-3-5-16)28-29-23(31)15-21(27-25(24)29)17-8-12-20(13-9-17)30(32)33/h1-13,15,28H,14H2. The lowest BCUT2D eigenvalue weighted by Crippen LogP contribution is -2.14. The Bertz CT molecular complexity index is 1520. The van der Waals surface area contributed by atoms with Crippen LogP contribution in [-0.2, 0) is 6.42 Å². The first-order valence-corrected chi connectivity index (χ1v) is 10.6. The van der Waals surface area contributed by atoms with E-state index in [1.54, 1.807) is 24.3 Å². The second-order valence-electron chi connectivity index (χ2n) is 7.58. The summed E-state index contributed by atoms with van der Waals surface area (Å²) in [5, 5.41) is 14.8. The maximum Gasteiger partial charge on any atom is 0.273 e. The number of nitrogens with zero attached hydrogens (tertiary/aromatic N) is 3. The highest BCUT2D eigenvalue weighted by Gasteiger charge is 2.18. The summed E-state index contributed by atoms with van der Waals surface area (Å²) in [6.07, 6.45) is 0.578. The largest absolute Gasteiger partial charge is 0.293 e. The molecule has 2 aromatic heterocycles. The molecule has 8 heteroatoms. The van der Waals surface area contributed by atoms with Crippen molar-refractivity contribution in [2.24, 2.45) is 0 Å². The number of rotatable bonds is 5. The van der Waals surface area contributed by atoms with Gasteiger partial charge in [0.15, 0.2) is 5.65 Å². The van der Waals surface area contributed by atoms with Crippen LogP contribution in [0.3, 0.4) is 0 Å². The van der Waals surface area contributed by atoms with E-state index in [1.807, 2.05) is 42.5 Å². The molecule has 0 aliphatic carbocycles. The minimum Gasteiger partial charge on any atom is -0.293 e. The lowest BCUT2D eigenvalue weighted by molar-refractivity contribution is -0.384. The third-order valence-electron chi connectivity index (χ3n) is 5.42. The van der Waals surface area contributed by atoms with Gasteiger partial charge in [0, 0.05) is 46.5 Å². The number of H-pyrrole nitrogens is 1. The van der Waals surface area contributed by atoms with Gasteiger partial charge in [-0.15, -0.1) is 0 Å². The van der Waals surface area contributed by atoms with Crippen LogP contribution in [0.2, 0.25) is 5.02 Å². The highest BCUT2D eigenvalue weighted by Crippen LogP contribution is 2.31. The van der Waals surface area contributed by atoms with Crippen LogP contribution in [0.15, 0.2) is 89.7 Å². The average Bonchev–Trinajstić information content (AvgIpc) is 3.19. The summed E-state index contributed by atoms with van der Waals surface area (Å²) in [5.41, 5.74) is 4.84. The number of nitro benzene ring substituents is 1. The Balaban J connectivity index is 1.71. The summed E-state index contributed by atoms with van der Waals surface area (Å²) in [6, 6.07) is 24.7. The van der Waals surface area contributed by atoms with Crippen LogP contribution in [0.4, 0.5) is 5.69 Å². The fraction of sp³-hybridized carbons (Fsp3) is 0.0400. The summed E-state index contributed by atoms with van der Waals surface area (Å²) in [6.45, 7) is 0. The monoisotopic (exact) mass is 456 g/mol. The zero-order valence-electron chi connectivity index (χ0n) is 17.2. The zero-order valence-corrected chi connectivity index (χ0v) is 18.0. The van der Waals surface area contributed by atoms with Crippen molar-refractivity contribution in [1.29, 1.82) is 0 Å². The predicted octanol–water partition coefficient (Wildman–Crippen LogP) is 5.51. The van der Waals surface area contributed by atoms with Gasteiger partial charge in [-0.3, -0.25) is 20.0 Å². The molecule has 0 radical (unpaired) electrons. The van der Waals surface area contributed by atoms with E-state index in [1.165, 1.54) is 22.7 Å². The third-order valence-corrected chi connectivity index (χ3v) is 5.67. The van der Waals surface area contributed by atoms with Crippen molar-refractivity contribution in [2.75, 3.05) is 0 Å². The Labute approximate surface area is 193 Å². The smallest absolute Gasteiger partial charge is 0.273 e. The van der Waals surface area contributed by atoms with Crippen LogP contribution in [0.5, 0.6) is 0 Å². The van der Waals surface area contributed by atoms with Gasteiger partial charge in [0.25, 0.3) is 11.2 Å². The van der Waals surface area contributed by atoms with Gasteiger partial charge in [-0.1, -0.05) is 54.1 Å². The summed E-state index contributed by atoms with van der Waals surface area (Å²) >= 11 is 6.10. The van der Waals surface area contributed by atoms with Crippen molar-refractivity contribution in [3.05, 3.63) is 122 Å². The zero-order chi connectivity index (χ0) is 22.9. The molecule has 0 bridgehead atoms. The van der Waals surface area contributed by atoms with Crippen molar-refractivity contribution in [2.45, 2.75) is 6.42 Å². The van der Waals surface area contributed by atoms with Gasteiger partial charge in [0.05, 0.1) is 10.6 Å². The van der Waals surface area contributed by atoms with Gasteiger partial charge in [-0.05, 0) is 35.4 Å². The number of non-ortho nitro benzene ring substituents is 1. The number of hydrogen-bond donors (Lipinski definition) is 1. The van der Waals surface area contributed by atoms with Crippen LogP contribution in [0.25, 0.3) is 28.0 Å². The van der Waals surface area contributed by atoms with Crippen LogP contribution in [0, 0.1) is 10.1 Å². The van der Waals surface area contributed by atoms with Gasteiger partial charge in [-0.25, -0.2) is 9.50 Å². The first kappa shape index (κ1) is 20.7. The van der Waals surface area contributed by atoms with E-state index in [9.17, 15) is 14.9 Å². The number of aromatic amines is 1. The minimum atomic E-state index is -0.462. The lowest BCUT2D eigenvalue weighted by Gasteiger charge is -2.06. The number of hydrogen-bond acceptors (Lipinski definition) is 4. The Hall–Kier alpha value is -4.23. The quantitative estimate of drug-likeness (QED) is 0.279. The van der Waals surface area contributed by atoms with E-state index in [0.29, 0.717) is 28.3 Å². The molecular weight excluding hydrogens is 440 g/mol. The first-order chi connectivity index (χ1) is 16.0. The second-order valence-corrected chi connectivity index (χ2v) is 8.01. The van der Waals surface area contributed by atoms with Crippen molar-refractivity contribution in [1.82, 2.24) is 14.6 Å². The summed E-state index contributed by atoms with van der Waals surface area (Å²) < 4.78 is 1.43. The molecule has 0 atom stereocenters. The molecule has 5 aromatic rings. The van der Waals surface area contributed by atoms with Gasteiger partial charge in [0.1, 0.15) is 0 Å². The van der Waals surface area contributed by atoms with Crippen LogP contribution >= 0.6 is 11.6 Å². The molecule has 1 N–H and O–H groups in total. The molecule has 0 fully saturated rings. The lowest BCUT2D eigenvalue weighted by atomic mass is 10.0. The summed E-state index contributed by atoms with van der Waals surface area (Å²) in [4.78, 5) is 28.3. The maximum absolute atomic E-state index is 13.0. The van der Waals surface area contributed by atoms with Crippen LogP contribution < -0.4 is 5.56 Å². The minimum absolute atomic E-state index is 0.0230. The number of fused-ring (bicyclic) bond motifs is 1. The normalized spacial score (nSPS) is 11.1. The fourth-order valence-electron chi connectivity index (χ4n) is 3.83. The molecule has 0 amide bonds. The highest BCUT2D eigenvalue weighted by atomic mass is 35.5. The average molecular weight is 457 g/mol. The second kappa shape index (κ2) is 8.37. The molecule has 33 heavy (non-hydrogen) atoms. The summed E-state index contributed by atoms with van der Waals surface area (Å²) in [7, 11) is 0. The molecule has 0 aliphatic heterocycles. The van der Waals surface area contributed by atoms with E-state index in [-0.39, 0.29) is 11.2 Å². The van der Waals surface area contributed by atoms with Crippen LogP contribution in [-0.4, -0.2) is 19.5 Å². The predicted molar refractivity (Wildman–Crippen MR) is 128 cm³/mol. The third kappa shape index (κ3) is 4.02. The molecule has 0 spiro atoms. The number of benzene rings is 3. The number of nitro groups is 1. The van der Waals surface area contributed by atoms with Crippen molar-refractivity contribution in [3.8, 4) is 22.4 Å².